The van der Waals surface area contributed by atoms with E-state index in [-0.39, 0.29) is 30.9 Å². The van der Waals surface area contributed by atoms with E-state index in [9.17, 15) is 14.4 Å². The summed E-state index contributed by atoms with van der Waals surface area (Å²) in [6.45, 7) is 5.09. The van der Waals surface area contributed by atoms with Crippen LogP contribution in [0.25, 0.3) is 0 Å². The minimum atomic E-state index is -0.910. The lowest BCUT2D eigenvalue weighted by atomic mass is 10.2. The second kappa shape index (κ2) is 8.76. The fourth-order valence-electron chi connectivity index (χ4n) is 2.20. The number of hydrogen-bond acceptors (Lipinski definition) is 4. The van der Waals surface area contributed by atoms with Gasteiger partial charge < -0.3 is 20.2 Å². The SMILES string of the molecule is CCNC(=O)CN(CC)C(=O)N1CCSCC1CC(=O)O. The van der Waals surface area contributed by atoms with Crippen LogP contribution in [0.2, 0.25) is 0 Å². The predicted molar refractivity (Wildman–Crippen MR) is 81.4 cm³/mol. The van der Waals surface area contributed by atoms with Gasteiger partial charge in [-0.1, -0.05) is 0 Å². The summed E-state index contributed by atoms with van der Waals surface area (Å²) in [6, 6.07) is -0.563. The van der Waals surface area contributed by atoms with Crippen molar-refractivity contribution < 1.29 is 19.5 Å². The van der Waals surface area contributed by atoms with Crippen molar-refractivity contribution >= 4 is 29.7 Å². The molecule has 0 radical (unpaired) electrons. The van der Waals surface area contributed by atoms with Crippen molar-refractivity contribution in [1.82, 2.24) is 15.1 Å². The lowest BCUT2D eigenvalue weighted by Gasteiger charge is -2.37. The lowest BCUT2D eigenvalue weighted by molar-refractivity contribution is -0.138. The molecule has 0 saturated carbocycles. The maximum Gasteiger partial charge on any atom is 0.320 e. The Balaban J connectivity index is 2.71. The van der Waals surface area contributed by atoms with E-state index in [1.165, 1.54) is 4.90 Å². The van der Waals surface area contributed by atoms with E-state index in [1.807, 2.05) is 13.8 Å². The van der Waals surface area contributed by atoms with Gasteiger partial charge in [0.05, 0.1) is 12.5 Å². The maximum absolute atomic E-state index is 12.5. The first-order valence-electron chi connectivity index (χ1n) is 7.11. The van der Waals surface area contributed by atoms with Crippen LogP contribution in [0.1, 0.15) is 20.3 Å². The molecule has 0 aromatic rings. The molecule has 0 aliphatic carbocycles. The average Bonchev–Trinajstić information content (AvgIpc) is 2.44. The summed E-state index contributed by atoms with van der Waals surface area (Å²) in [6.07, 6.45) is -0.0581. The van der Waals surface area contributed by atoms with Crippen LogP contribution in [0.5, 0.6) is 0 Å². The number of amides is 3. The van der Waals surface area contributed by atoms with Crippen LogP contribution in [0.3, 0.4) is 0 Å². The van der Waals surface area contributed by atoms with Crippen molar-refractivity contribution in [3.05, 3.63) is 0 Å². The van der Waals surface area contributed by atoms with Crippen molar-refractivity contribution in [1.29, 1.82) is 0 Å². The molecule has 21 heavy (non-hydrogen) atoms. The second-order valence-corrected chi connectivity index (χ2v) is 5.92. The summed E-state index contributed by atoms with van der Waals surface area (Å²) in [5.74, 6) is 0.304. The molecule has 120 valence electrons. The summed E-state index contributed by atoms with van der Waals surface area (Å²) in [4.78, 5) is 38.1. The fourth-order valence-corrected chi connectivity index (χ4v) is 3.26. The number of urea groups is 1. The summed E-state index contributed by atoms with van der Waals surface area (Å²) in [5, 5.41) is 11.6. The third-order valence-electron chi connectivity index (χ3n) is 3.24. The van der Waals surface area contributed by atoms with Crippen LogP contribution in [-0.2, 0) is 9.59 Å². The van der Waals surface area contributed by atoms with Gasteiger partial charge in [0.25, 0.3) is 0 Å². The van der Waals surface area contributed by atoms with Gasteiger partial charge in [0.1, 0.15) is 6.54 Å². The Labute approximate surface area is 129 Å². The Morgan fingerprint density at radius 3 is 2.67 bits per heavy atom. The van der Waals surface area contributed by atoms with Crippen LogP contribution < -0.4 is 5.32 Å². The molecule has 1 fully saturated rings. The van der Waals surface area contributed by atoms with Gasteiger partial charge in [-0.2, -0.15) is 11.8 Å². The fraction of sp³-hybridized carbons (Fsp3) is 0.769. The van der Waals surface area contributed by atoms with E-state index in [1.54, 1.807) is 16.7 Å². The lowest BCUT2D eigenvalue weighted by Crippen LogP contribution is -2.54. The topological polar surface area (TPSA) is 90.0 Å². The van der Waals surface area contributed by atoms with Crippen molar-refractivity contribution in [3.63, 3.8) is 0 Å². The van der Waals surface area contributed by atoms with E-state index < -0.39 is 5.97 Å². The van der Waals surface area contributed by atoms with Crippen molar-refractivity contribution in [2.24, 2.45) is 0 Å². The van der Waals surface area contributed by atoms with Crippen LogP contribution in [0, 0.1) is 0 Å². The largest absolute Gasteiger partial charge is 0.481 e. The normalized spacial score (nSPS) is 18.2. The number of likely N-dealkylation sites (N-methyl/N-ethyl adjacent to an activating group) is 2. The zero-order valence-corrected chi connectivity index (χ0v) is 13.3. The van der Waals surface area contributed by atoms with Gasteiger partial charge in [-0.25, -0.2) is 4.79 Å². The molecule has 1 heterocycles. The minimum Gasteiger partial charge on any atom is -0.481 e. The van der Waals surface area contributed by atoms with Crippen LogP contribution in [0.15, 0.2) is 0 Å². The number of thioether (sulfide) groups is 1. The Hall–Kier alpha value is -1.44. The highest BCUT2D eigenvalue weighted by molar-refractivity contribution is 7.99. The molecule has 1 rings (SSSR count). The van der Waals surface area contributed by atoms with E-state index in [4.69, 9.17) is 5.11 Å². The van der Waals surface area contributed by atoms with Crippen molar-refractivity contribution in [3.8, 4) is 0 Å². The standard InChI is InChI=1S/C13H23N3O4S/c1-3-14-11(17)8-15(4-2)13(20)16-5-6-21-9-10(16)7-12(18)19/h10H,3-9H2,1-2H3,(H,14,17)(H,18,19). The van der Waals surface area contributed by atoms with Gasteiger partial charge in [0, 0.05) is 31.1 Å². The van der Waals surface area contributed by atoms with E-state index >= 15 is 0 Å². The first kappa shape index (κ1) is 17.6. The molecule has 0 aromatic carbocycles. The van der Waals surface area contributed by atoms with Crippen molar-refractivity contribution in [2.75, 3.05) is 37.7 Å². The molecular formula is C13H23N3O4S. The Kier molecular flexibility index (Phi) is 7.35. The van der Waals surface area contributed by atoms with Crippen LogP contribution in [0.4, 0.5) is 4.79 Å². The number of carboxylic acid groups (broad SMARTS) is 1. The third kappa shape index (κ3) is 5.45. The number of aliphatic carboxylic acids is 1. The maximum atomic E-state index is 12.5. The number of carbonyl (C=O) groups excluding carboxylic acids is 2. The minimum absolute atomic E-state index is 0.00656. The molecule has 8 heteroatoms. The Morgan fingerprint density at radius 1 is 1.38 bits per heavy atom. The zero-order valence-electron chi connectivity index (χ0n) is 12.5. The molecule has 0 spiro atoms. The monoisotopic (exact) mass is 317 g/mol. The van der Waals surface area contributed by atoms with Gasteiger partial charge in [0.2, 0.25) is 5.91 Å². The van der Waals surface area contributed by atoms with Gasteiger partial charge >= 0.3 is 12.0 Å². The van der Waals surface area contributed by atoms with Gasteiger partial charge in [0.15, 0.2) is 0 Å². The molecular weight excluding hydrogens is 294 g/mol. The second-order valence-electron chi connectivity index (χ2n) is 4.77. The summed E-state index contributed by atoms with van der Waals surface area (Å²) >= 11 is 1.65. The van der Waals surface area contributed by atoms with Crippen molar-refractivity contribution in [2.45, 2.75) is 26.3 Å². The average molecular weight is 317 g/mol. The quantitative estimate of drug-likeness (QED) is 0.743. The highest BCUT2D eigenvalue weighted by atomic mass is 32.2. The first-order valence-corrected chi connectivity index (χ1v) is 8.26. The smallest absolute Gasteiger partial charge is 0.320 e. The van der Waals surface area contributed by atoms with Gasteiger partial charge in [-0.3, -0.25) is 9.59 Å². The Bertz CT molecular complexity index is 392. The molecule has 1 aliphatic rings. The first-order chi connectivity index (χ1) is 9.99. The van der Waals surface area contributed by atoms with Crippen LogP contribution >= 0.6 is 11.8 Å². The molecule has 0 aromatic heterocycles. The molecule has 1 saturated heterocycles. The molecule has 0 bridgehead atoms. The molecule has 1 atom stereocenters. The number of carboxylic acids is 1. The summed E-state index contributed by atoms with van der Waals surface area (Å²) in [7, 11) is 0. The van der Waals surface area contributed by atoms with Crippen LogP contribution in [-0.4, -0.2) is 76.5 Å². The molecule has 2 N–H and O–H groups in total. The van der Waals surface area contributed by atoms with E-state index in [2.05, 4.69) is 5.32 Å². The molecule has 7 nitrogen and oxygen atoms in total. The van der Waals surface area contributed by atoms with Gasteiger partial charge in [-0.15, -0.1) is 0 Å². The predicted octanol–water partition coefficient (Wildman–Crippen LogP) is 0.457. The molecule has 1 unspecified atom stereocenters. The highest BCUT2D eigenvalue weighted by Crippen LogP contribution is 2.20. The summed E-state index contributed by atoms with van der Waals surface area (Å²) < 4.78 is 0. The number of hydrogen-bond donors (Lipinski definition) is 2. The van der Waals surface area contributed by atoms with Gasteiger partial charge in [-0.05, 0) is 13.8 Å². The number of carbonyl (C=O) groups is 3. The third-order valence-corrected chi connectivity index (χ3v) is 4.34. The number of nitrogens with one attached hydrogen (secondary N) is 1. The zero-order chi connectivity index (χ0) is 15.8. The number of nitrogens with zero attached hydrogens (tertiary/aromatic N) is 2. The highest BCUT2D eigenvalue weighted by Gasteiger charge is 2.31. The molecule has 3 amide bonds. The Morgan fingerprint density at radius 2 is 2.10 bits per heavy atom. The molecule has 1 aliphatic heterocycles. The van der Waals surface area contributed by atoms with E-state index in [0.29, 0.717) is 25.4 Å². The number of rotatable bonds is 6. The summed E-state index contributed by atoms with van der Waals surface area (Å²) in [5.41, 5.74) is 0. The van der Waals surface area contributed by atoms with E-state index in [0.717, 1.165) is 5.75 Å².